The van der Waals surface area contributed by atoms with Crippen LogP contribution in [0.1, 0.15) is 12.8 Å². The van der Waals surface area contributed by atoms with Gasteiger partial charge in [-0.25, -0.2) is 0 Å². The van der Waals surface area contributed by atoms with Gasteiger partial charge in [-0.2, -0.15) is 0 Å². The maximum atomic E-state index is 2.39. The number of allylic oxidation sites excluding steroid dienone is 3. The fraction of sp³-hybridized carbons (Fsp3) is 0.0526. The molecule has 42 heavy (non-hydrogen) atoms. The first-order chi connectivity index (χ1) is 20.8. The molecule has 1 aliphatic carbocycles. The largest absolute Gasteiger partial charge is 0.311 e. The molecule has 0 saturated heterocycles. The molecule has 0 aliphatic heterocycles. The normalized spacial score (nSPS) is 12.6. The second-order valence-electron chi connectivity index (χ2n) is 10.2. The lowest BCUT2D eigenvalue weighted by atomic mass is 10.1. The van der Waals surface area contributed by atoms with Gasteiger partial charge in [0.1, 0.15) is 0 Å². The number of hydrogen-bond donors (Lipinski definition) is 0. The first kappa shape index (κ1) is 26.3. The van der Waals surface area contributed by atoms with E-state index in [1.54, 1.807) is 11.3 Å². The molecular formula is C38H30N2S2. The number of nitrogens with zero attached hydrogens (tertiary/aromatic N) is 2. The van der Waals surface area contributed by atoms with Gasteiger partial charge in [0.05, 0.1) is 0 Å². The van der Waals surface area contributed by atoms with Crippen LogP contribution in [-0.4, -0.2) is 0 Å². The van der Waals surface area contributed by atoms with E-state index in [0.29, 0.717) is 0 Å². The van der Waals surface area contributed by atoms with E-state index in [1.807, 2.05) is 11.3 Å². The summed E-state index contributed by atoms with van der Waals surface area (Å²) in [5.74, 6) is 0. The van der Waals surface area contributed by atoms with Crippen LogP contribution < -0.4 is 9.80 Å². The summed E-state index contributed by atoms with van der Waals surface area (Å²) in [4.78, 5) is 8.61. The third kappa shape index (κ3) is 5.47. The number of benzene rings is 4. The molecule has 0 fully saturated rings. The zero-order chi connectivity index (χ0) is 28.1. The fourth-order valence-electron chi connectivity index (χ4n) is 5.43. The predicted octanol–water partition coefficient (Wildman–Crippen LogP) is 12.0. The quantitative estimate of drug-likeness (QED) is 0.177. The zero-order valence-electron chi connectivity index (χ0n) is 23.1. The molecule has 4 heteroatoms. The predicted molar refractivity (Wildman–Crippen MR) is 183 cm³/mol. The standard InChI is InChI=1S/C38H30N2S2/c1-5-14-30(15-6-1)39(31-16-7-2-8-17-31)34-26-29(36-23-24-38(42-36)37-22-13-25-41-37)27-35(28-34)40(32-18-9-3-10-19-32)33-20-11-4-12-21-33/h1-3,5-11,13-28H,4,12H2. The van der Waals surface area contributed by atoms with E-state index >= 15 is 0 Å². The Balaban J connectivity index is 1.45. The molecule has 0 radical (unpaired) electrons. The molecule has 7 rings (SSSR count). The number of anilines is 5. The zero-order valence-corrected chi connectivity index (χ0v) is 24.8. The first-order valence-electron chi connectivity index (χ1n) is 14.2. The lowest BCUT2D eigenvalue weighted by Gasteiger charge is -2.31. The Morgan fingerprint density at radius 2 is 1.07 bits per heavy atom. The van der Waals surface area contributed by atoms with Gasteiger partial charge in [-0.1, -0.05) is 72.8 Å². The Bertz CT molecular complexity index is 1780. The van der Waals surface area contributed by atoms with Crippen LogP contribution in [0.4, 0.5) is 28.4 Å². The molecule has 0 spiro atoms. The van der Waals surface area contributed by atoms with Crippen molar-refractivity contribution in [3.05, 3.63) is 163 Å². The van der Waals surface area contributed by atoms with E-state index in [9.17, 15) is 0 Å². The highest BCUT2D eigenvalue weighted by Gasteiger charge is 2.20. The number of para-hydroxylation sites is 3. The van der Waals surface area contributed by atoms with Crippen LogP contribution in [0.3, 0.4) is 0 Å². The molecule has 4 aromatic carbocycles. The molecule has 2 nitrogen and oxygen atoms in total. The Labute approximate surface area is 255 Å². The molecule has 2 heterocycles. The van der Waals surface area contributed by atoms with Gasteiger partial charge in [-0.15, -0.1) is 22.7 Å². The summed E-state index contributed by atoms with van der Waals surface area (Å²) in [5, 5.41) is 2.15. The van der Waals surface area contributed by atoms with Gasteiger partial charge in [-0.05, 0) is 103 Å². The highest BCUT2D eigenvalue weighted by molar-refractivity contribution is 7.23. The third-order valence-corrected chi connectivity index (χ3v) is 9.55. The van der Waals surface area contributed by atoms with Gasteiger partial charge in [0.25, 0.3) is 0 Å². The van der Waals surface area contributed by atoms with Crippen LogP contribution in [0, 0.1) is 0 Å². The molecule has 2 aromatic heterocycles. The van der Waals surface area contributed by atoms with Crippen LogP contribution in [0.25, 0.3) is 20.2 Å². The van der Waals surface area contributed by atoms with Gasteiger partial charge in [0.2, 0.25) is 0 Å². The SMILES string of the molecule is C1=CC(N(c2ccccc2)c2cc(-c3ccc(-c4cccs4)s3)cc(N(c3ccccc3)c3ccccc3)c2)=CCC1. The third-order valence-electron chi connectivity index (χ3n) is 7.35. The average Bonchev–Trinajstić information content (AvgIpc) is 3.77. The molecule has 0 atom stereocenters. The van der Waals surface area contributed by atoms with Gasteiger partial charge in [0.15, 0.2) is 0 Å². The van der Waals surface area contributed by atoms with Crippen molar-refractivity contribution < 1.29 is 0 Å². The number of hydrogen-bond acceptors (Lipinski definition) is 4. The van der Waals surface area contributed by atoms with Crippen molar-refractivity contribution >= 4 is 51.1 Å². The van der Waals surface area contributed by atoms with Gasteiger partial charge < -0.3 is 9.80 Å². The summed E-state index contributed by atoms with van der Waals surface area (Å²) >= 11 is 3.64. The topological polar surface area (TPSA) is 6.48 Å². The minimum absolute atomic E-state index is 1.04. The van der Waals surface area contributed by atoms with Crippen molar-refractivity contribution in [1.29, 1.82) is 0 Å². The highest BCUT2D eigenvalue weighted by Crippen LogP contribution is 2.44. The van der Waals surface area contributed by atoms with E-state index in [0.717, 1.165) is 41.3 Å². The molecule has 0 unspecified atom stereocenters. The minimum atomic E-state index is 1.04. The molecule has 6 aromatic rings. The second-order valence-corrected chi connectivity index (χ2v) is 12.2. The summed E-state index contributed by atoms with van der Waals surface area (Å²) in [5.41, 5.74) is 8.05. The summed E-state index contributed by atoms with van der Waals surface area (Å²) in [7, 11) is 0. The van der Waals surface area contributed by atoms with E-state index < -0.39 is 0 Å². The highest BCUT2D eigenvalue weighted by atomic mass is 32.1. The summed E-state index contributed by atoms with van der Waals surface area (Å²) in [6.07, 6.45) is 9.01. The van der Waals surface area contributed by atoms with Crippen molar-refractivity contribution in [3.8, 4) is 20.2 Å². The Morgan fingerprint density at radius 3 is 1.64 bits per heavy atom. The first-order valence-corrected chi connectivity index (χ1v) is 15.9. The monoisotopic (exact) mass is 578 g/mol. The average molecular weight is 579 g/mol. The van der Waals surface area contributed by atoms with Crippen LogP contribution >= 0.6 is 22.7 Å². The van der Waals surface area contributed by atoms with E-state index in [-0.39, 0.29) is 0 Å². The van der Waals surface area contributed by atoms with Gasteiger partial charge in [0, 0.05) is 48.8 Å². The molecular weight excluding hydrogens is 549 g/mol. The van der Waals surface area contributed by atoms with E-state index in [4.69, 9.17) is 0 Å². The van der Waals surface area contributed by atoms with Crippen molar-refractivity contribution in [1.82, 2.24) is 0 Å². The smallest absolute Gasteiger partial charge is 0.0488 e. The van der Waals surface area contributed by atoms with Gasteiger partial charge in [-0.3, -0.25) is 0 Å². The molecule has 0 N–H and O–H groups in total. The van der Waals surface area contributed by atoms with Crippen LogP contribution in [-0.2, 0) is 0 Å². The summed E-state index contributed by atoms with van der Waals surface area (Å²) < 4.78 is 0. The molecule has 204 valence electrons. The minimum Gasteiger partial charge on any atom is -0.311 e. The second kappa shape index (κ2) is 12.1. The van der Waals surface area contributed by atoms with Crippen LogP contribution in [0.5, 0.6) is 0 Å². The Hall–Kier alpha value is -4.64. The van der Waals surface area contributed by atoms with Crippen molar-refractivity contribution in [2.45, 2.75) is 12.8 Å². The molecule has 0 saturated carbocycles. The summed E-state index contributed by atoms with van der Waals surface area (Å²) in [6, 6.07) is 47.9. The lowest BCUT2D eigenvalue weighted by molar-refractivity contribution is 0.997. The molecule has 0 amide bonds. The number of thiophene rings is 2. The maximum Gasteiger partial charge on any atom is 0.0488 e. The van der Waals surface area contributed by atoms with Crippen LogP contribution in [0.15, 0.2) is 163 Å². The maximum absolute atomic E-state index is 2.39. The Kier molecular flexibility index (Phi) is 7.55. The van der Waals surface area contributed by atoms with Crippen molar-refractivity contribution in [2.75, 3.05) is 9.80 Å². The van der Waals surface area contributed by atoms with Crippen LogP contribution in [0.2, 0.25) is 0 Å². The lowest BCUT2D eigenvalue weighted by Crippen LogP contribution is -2.17. The van der Waals surface area contributed by atoms with Gasteiger partial charge >= 0.3 is 0 Å². The summed E-state index contributed by atoms with van der Waals surface area (Å²) in [6.45, 7) is 0. The Morgan fingerprint density at radius 1 is 0.476 bits per heavy atom. The van der Waals surface area contributed by atoms with Crippen molar-refractivity contribution in [2.24, 2.45) is 0 Å². The van der Waals surface area contributed by atoms with E-state index in [2.05, 4.69) is 167 Å². The molecule has 1 aliphatic rings. The fourth-order valence-corrected chi connectivity index (χ4v) is 7.26. The molecule has 0 bridgehead atoms. The number of rotatable bonds is 8. The van der Waals surface area contributed by atoms with Crippen molar-refractivity contribution in [3.63, 3.8) is 0 Å². The van der Waals surface area contributed by atoms with E-state index in [1.165, 1.54) is 25.9 Å².